The van der Waals surface area contributed by atoms with Gasteiger partial charge in [-0.3, -0.25) is 0 Å². The summed E-state index contributed by atoms with van der Waals surface area (Å²) in [5.74, 6) is -0.837. The second kappa shape index (κ2) is 10.6. The Hall–Kier alpha value is -2.36. The highest BCUT2D eigenvalue weighted by Gasteiger charge is 2.08. The number of rotatable bonds is 11. The Bertz CT molecular complexity index is 695. The number of aromatic carboxylic acids is 1. The Kier molecular flexibility index (Phi) is 8.13. The van der Waals surface area contributed by atoms with Gasteiger partial charge in [-0.1, -0.05) is 57.6 Å². The van der Waals surface area contributed by atoms with Crippen molar-refractivity contribution in [2.45, 2.75) is 51.9 Å². The van der Waals surface area contributed by atoms with E-state index >= 15 is 0 Å². The van der Waals surface area contributed by atoms with E-state index in [1.165, 1.54) is 50.3 Å². The van der Waals surface area contributed by atoms with Crippen LogP contribution in [-0.4, -0.2) is 17.7 Å². The molecule has 0 radical (unpaired) electrons. The van der Waals surface area contributed by atoms with Gasteiger partial charge in [-0.25, -0.2) is 9.18 Å². The summed E-state index contributed by atoms with van der Waals surface area (Å²) in [6.07, 6.45) is 8.49. The molecule has 2 rings (SSSR count). The molecule has 26 heavy (non-hydrogen) atoms. The van der Waals surface area contributed by atoms with Crippen molar-refractivity contribution in [2.75, 3.05) is 6.61 Å². The third-order valence-corrected chi connectivity index (χ3v) is 4.40. The monoisotopic (exact) mass is 358 g/mol. The Morgan fingerprint density at radius 1 is 0.962 bits per heavy atom. The lowest BCUT2D eigenvalue weighted by atomic mass is 10.0. The standard InChI is InChI=1S/C22H27FO3/c1-2-3-4-5-6-7-8-15-26-19-13-14-20(21(23)16-19)17-9-11-18(12-10-17)22(24)25/h9-14,16H,2-8,15H2,1H3,(H,24,25). The molecule has 0 fully saturated rings. The lowest BCUT2D eigenvalue weighted by Gasteiger charge is -2.09. The largest absolute Gasteiger partial charge is 0.493 e. The van der Waals surface area contributed by atoms with Gasteiger partial charge in [0.2, 0.25) is 0 Å². The Balaban J connectivity index is 1.82. The van der Waals surface area contributed by atoms with Crippen LogP contribution in [-0.2, 0) is 0 Å². The molecule has 0 aromatic heterocycles. The minimum atomic E-state index is -0.994. The number of benzene rings is 2. The first-order valence-electron chi connectivity index (χ1n) is 9.38. The number of unbranched alkanes of at least 4 members (excludes halogenated alkanes) is 6. The van der Waals surface area contributed by atoms with Crippen LogP contribution in [0.1, 0.15) is 62.2 Å². The average Bonchev–Trinajstić information content (AvgIpc) is 2.64. The fourth-order valence-corrected chi connectivity index (χ4v) is 2.86. The zero-order valence-corrected chi connectivity index (χ0v) is 15.3. The first-order chi connectivity index (χ1) is 12.6. The molecule has 2 aromatic rings. The molecule has 1 N–H and O–H groups in total. The number of carboxylic acids is 1. The molecule has 3 nitrogen and oxygen atoms in total. The molecule has 0 saturated carbocycles. The van der Waals surface area contributed by atoms with E-state index in [1.807, 2.05) is 0 Å². The van der Waals surface area contributed by atoms with Crippen LogP contribution in [0.5, 0.6) is 5.75 Å². The fourth-order valence-electron chi connectivity index (χ4n) is 2.86. The summed E-state index contributed by atoms with van der Waals surface area (Å²) in [5, 5.41) is 8.92. The topological polar surface area (TPSA) is 46.5 Å². The second-order valence-corrected chi connectivity index (χ2v) is 6.49. The highest BCUT2D eigenvalue weighted by molar-refractivity contribution is 5.88. The molecule has 0 atom stereocenters. The van der Waals surface area contributed by atoms with E-state index in [9.17, 15) is 9.18 Å². The number of carbonyl (C=O) groups is 1. The molecule has 0 aliphatic heterocycles. The van der Waals surface area contributed by atoms with Crippen LogP contribution in [0.3, 0.4) is 0 Å². The van der Waals surface area contributed by atoms with E-state index < -0.39 is 5.97 Å². The van der Waals surface area contributed by atoms with Gasteiger partial charge in [0.15, 0.2) is 0 Å². The smallest absolute Gasteiger partial charge is 0.335 e. The maximum atomic E-state index is 14.3. The van der Waals surface area contributed by atoms with Gasteiger partial charge in [-0.05, 0) is 36.2 Å². The van der Waals surface area contributed by atoms with Crippen molar-refractivity contribution in [3.8, 4) is 16.9 Å². The quantitative estimate of drug-likeness (QED) is 0.478. The Morgan fingerprint density at radius 3 is 2.23 bits per heavy atom. The second-order valence-electron chi connectivity index (χ2n) is 6.49. The summed E-state index contributed by atoms with van der Waals surface area (Å²) in [7, 11) is 0. The predicted molar refractivity (Wildman–Crippen MR) is 102 cm³/mol. The van der Waals surface area contributed by atoms with Crippen molar-refractivity contribution in [2.24, 2.45) is 0 Å². The Labute approximate surface area is 154 Å². The molecule has 140 valence electrons. The maximum Gasteiger partial charge on any atom is 0.335 e. The van der Waals surface area contributed by atoms with Crippen molar-refractivity contribution >= 4 is 5.97 Å². The van der Waals surface area contributed by atoms with E-state index in [4.69, 9.17) is 9.84 Å². The lowest BCUT2D eigenvalue weighted by molar-refractivity contribution is 0.0697. The molecule has 0 aliphatic carbocycles. The van der Waals surface area contributed by atoms with Gasteiger partial charge in [-0.15, -0.1) is 0 Å². The summed E-state index contributed by atoms with van der Waals surface area (Å²) in [4.78, 5) is 10.9. The summed E-state index contributed by atoms with van der Waals surface area (Å²) in [6, 6.07) is 11.0. The number of carboxylic acid groups (broad SMARTS) is 1. The summed E-state index contributed by atoms with van der Waals surface area (Å²) < 4.78 is 20.0. The van der Waals surface area contributed by atoms with Gasteiger partial charge in [0.05, 0.1) is 12.2 Å². The summed E-state index contributed by atoms with van der Waals surface area (Å²) in [6.45, 7) is 2.81. The predicted octanol–water partition coefficient (Wildman–Crippen LogP) is 6.32. The van der Waals surface area contributed by atoms with Crippen LogP contribution in [0.15, 0.2) is 42.5 Å². The number of ether oxygens (including phenoxy) is 1. The van der Waals surface area contributed by atoms with E-state index in [0.717, 1.165) is 12.8 Å². The van der Waals surface area contributed by atoms with Gasteiger partial charge in [-0.2, -0.15) is 0 Å². The van der Waals surface area contributed by atoms with Crippen LogP contribution in [0, 0.1) is 5.82 Å². The van der Waals surface area contributed by atoms with E-state index in [0.29, 0.717) is 23.5 Å². The molecule has 0 bridgehead atoms. The van der Waals surface area contributed by atoms with Crippen LogP contribution in [0.2, 0.25) is 0 Å². The average molecular weight is 358 g/mol. The van der Waals surface area contributed by atoms with Crippen LogP contribution >= 0.6 is 0 Å². The third-order valence-electron chi connectivity index (χ3n) is 4.40. The molecule has 0 spiro atoms. The molecule has 0 heterocycles. The highest BCUT2D eigenvalue weighted by atomic mass is 19.1. The van der Waals surface area contributed by atoms with Crippen molar-refractivity contribution in [3.63, 3.8) is 0 Å². The SMILES string of the molecule is CCCCCCCCCOc1ccc(-c2ccc(C(=O)O)cc2)c(F)c1. The minimum absolute atomic E-state index is 0.184. The van der Waals surface area contributed by atoms with E-state index in [-0.39, 0.29) is 11.4 Å². The van der Waals surface area contributed by atoms with Crippen LogP contribution in [0.4, 0.5) is 4.39 Å². The number of hydrogen-bond donors (Lipinski definition) is 1. The highest BCUT2D eigenvalue weighted by Crippen LogP contribution is 2.26. The summed E-state index contributed by atoms with van der Waals surface area (Å²) in [5.41, 5.74) is 1.26. The molecular formula is C22H27FO3. The Morgan fingerprint density at radius 2 is 1.62 bits per heavy atom. The van der Waals surface area contributed by atoms with Crippen molar-refractivity contribution in [1.29, 1.82) is 0 Å². The van der Waals surface area contributed by atoms with Gasteiger partial charge in [0.25, 0.3) is 0 Å². The zero-order valence-electron chi connectivity index (χ0n) is 15.3. The van der Waals surface area contributed by atoms with Gasteiger partial charge in [0, 0.05) is 11.6 Å². The van der Waals surface area contributed by atoms with E-state index in [2.05, 4.69) is 6.92 Å². The van der Waals surface area contributed by atoms with Crippen molar-refractivity contribution < 1.29 is 19.0 Å². The summed E-state index contributed by atoms with van der Waals surface area (Å²) >= 11 is 0. The fraction of sp³-hybridized carbons (Fsp3) is 0.409. The number of hydrogen-bond acceptors (Lipinski definition) is 2. The third kappa shape index (κ3) is 6.17. The van der Waals surface area contributed by atoms with Gasteiger partial charge in [0.1, 0.15) is 11.6 Å². The van der Waals surface area contributed by atoms with E-state index in [1.54, 1.807) is 24.3 Å². The maximum absolute atomic E-state index is 14.3. The van der Waals surface area contributed by atoms with Crippen LogP contribution < -0.4 is 4.74 Å². The molecule has 0 saturated heterocycles. The molecule has 0 aliphatic rings. The zero-order chi connectivity index (χ0) is 18.8. The normalized spacial score (nSPS) is 10.7. The minimum Gasteiger partial charge on any atom is -0.493 e. The molecule has 0 amide bonds. The van der Waals surface area contributed by atoms with Crippen molar-refractivity contribution in [3.05, 3.63) is 53.8 Å². The first-order valence-corrected chi connectivity index (χ1v) is 9.38. The molecule has 0 unspecified atom stereocenters. The number of halogens is 1. The van der Waals surface area contributed by atoms with Gasteiger partial charge < -0.3 is 9.84 Å². The molecule has 4 heteroatoms. The first kappa shape index (κ1) is 20.0. The molecule has 2 aromatic carbocycles. The van der Waals surface area contributed by atoms with Crippen molar-refractivity contribution in [1.82, 2.24) is 0 Å². The lowest BCUT2D eigenvalue weighted by Crippen LogP contribution is -1.98. The van der Waals surface area contributed by atoms with Gasteiger partial charge >= 0.3 is 5.97 Å². The van der Waals surface area contributed by atoms with Crippen LogP contribution in [0.25, 0.3) is 11.1 Å². The molecular weight excluding hydrogens is 331 g/mol.